The lowest BCUT2D eigenvalue weighted by Gasteiger charge is -2.30. The van der Waals surface area contributed by atoms with Crippen LogP contribution in [0.25, 0.3) is 11.1 Å². The maximum atomic E-state index is 13.1. The van der Waals surface area contributed by atoms with Gasteiger partial charge in [0.2, 0.25) is 0 Å². The van der Waals surface area contributed by atoms with Gasteiger partial charge in [0.1, 0.15) is 5.52 Å². The zero-order valence-electron chi connectivity index (χ0n) is 18.1. The number of nitrogens with zero attached hydrogens (tertiary/aromatic N) is 2. The van der Waals surface area contributed by atoms with Crippen molar-refractivity contribution in [3.63, 3.8) is 0 Å². The summed E-state index contributed by atoms with van der Waals surface area (Å²) in [5.74, 6) is 0.648. The van der Waals surface area contributed by atoms with Crippen LogP contribution in [0, 0.1) is 0 Å². The van der Waals surface area contributed by atoms with Gasteiger partial charge in [0, 0.05) is 29.6 Å². The Morgan fingerprint density at radius 2 is 1.76 bits per heavy atom. The van der Waals surface area contributed by atoms with Crippen molar-refractivity contribution in [3.8, 4) is 0 Å². The molecule has 0 aliphatic carbocycles. The maximum absolute atomic E-state index is 13.1. The van der Waals surface area contributed by atoms with Crippen molar-refractivity contribution >= 4 is 44.3 Å². The number of carbonyl (C=O) groups is 1. The van der Waals surface area contributed by atoms with Crippen molar-refractivity contribution in [2.24, 2.45) is 0 Å². The lowest BCUT2D eigenvalue weighted by molar-refractivity contribution is 0.0706. The molecule has 0 unspecified atom stereocenters. The van der Waals surface area contributed by atoms with Gasteiger partial charge in [-0.25, -0.2) is 13.4 Å². The summed E-state index contributed by atoms with van der Waals surface area (Å²) in [6, 6.07) is 20.2. The first kappa shape index (κ1) is 22.4. The van der Waals surface area contributed by atoms with Crippen molar-refractivity contribution in [2.75, 3.05) is 17.8 Å². The quantitative estimate of drug-likeness (QED) is 0.405. The summed E-state index contributed by atoms with van der Waals surface area (Å²) in [5.41, 5.74) is 2.28. The molecular formula is C25H22ClN3O4S. The third-order valence-electron chi connectivity index (χ3n) is 5.91. The summed E-state index contributed by atoms with van der Waals surface area (Å²) >= 11 is 5.95. The first-order chi connectivity index (χ1) is 16.4. The summed E-state index contributed by atoms with van der Waals surface area (Å²) in [5, 5.41) is 0.422. The molecule has 0 bridgehead atoms. The third-order valence-corrected chi connectivity index (χ3v) is 7.52. The number of fused-ring (bicyclic) bond motifs is 1. The minimum absolute atomic E-state index is 0.0136. The Bertz CT molecular complexity index is 1430. The van der Waals surface area contributed by atoms with Crippen LogP contribution in [-0.4, -0.2) is 37.3 Å². The minimum atomic E-state index is -3.87. The van der Waals surface area contributed by atoms with E-state index >= 15 is 0 Å². The fourth-order valence-corrected chi connectivity index (χ4v) is 5.42. The lowest BCUT2D eigenvalue weighted by atomic mass is 9.96. The SMILES string of the molecule is O=C(c1cccc(S(=O)(=O)Nc2cccc(Cl)c2)c1)N1CCC(c2nc3ccccc3o2)CC1. The fourth-order valence-electron chi connectivity index (χ4n) is 4.14. The molecule has 5 rings (SSSR count). The molecule has 0 spiro atoms. The molecule has 1 fully saturated rings. The van der Waals surface area contributed by atoms with Gasteiger partial charge in [-0.3, -0.25) is 9.52 Å². The van der Waals surface area contributed by atoms with Crippen LogP contribution >= 0.6 is 11.6 Å². The Morgan fingerprint density at radius 1 is 1.00 bits per heavy atom. The van der Waals surface area contributed by atoms with Crippen LogP contribution in [-0.2, 0) is 10.0 Å². The van der Waals surface area contributed by atoms with Gasteiger partial charge in [-0.1, -0.05) is 35.9 Å². The molecule has 0 atom stereocenters. The second-order valence-electron chi connectivity index (χ2n) is 8.23. The second kappa shape index (κ2) is 9.12. The molecule has 1 aromatic heterocycles. The van der Waals surface area contributed by atoms with Crippen molar-refractivity contribution in [3.05, 3.63) is 89.3 Å². The molecule has 0 radical (unpaired) electrons. The predicted molar refractivity (Wildman–Crippen MR) is 131 cm³/mol. The van der Waals surface area contributed by atoms with E-state index in [1.54, 1.807) is 35.2 Å². The van der Waals surface area contributed by atoms with E-state index in [1.807, 2.05) is 24.3 Å². The van der Waals surface area contributed by atoms with Gasteiger partial charge in [0.15, 0.2) is 11.5 Å². The molecule has 34 heavy (non-hydrogen) atoms. The highest BCUT2D eigenvalue weighted by atomic mass is 35.5. The Kier molecular flexibility index (Phi) is 6.02. The van der Waals surface area contributed by atoms with Gasteiger partial charge in [-0.2, -0.15) is 0 Å². The summed E-state index contributed by atoms with van der Waals surface area (Å²) < 4.78 is 34.1. The van der Waals surface area contributed by atoms with Crippen LogP contribution in [0.1, 0.15) is 35.0 Å². The number of piperidine rings is 1. The standard InChI is InChI=1S/C25H22ClN3O4S/c26-19-6-4-7-20(16-19)28-34(31,32)21-8-3-5-18(15-21)25(30)29-13-11-17(12-14-29)24-27-22-9-1-2-10-23(22)33-24/h1-10,15-17,28H,11-14H2. The van der Waals surface area contributed by atoms with Crippen molar-refractivity contribution in [1.29, 1.82) is 0 Å². The number of para-hydroxylation sites is 2. The summed E-state index contributed by atoms with van der Waals surface area (Å²) in [7, 11) is -3.87. The normalized spacial score (nSPS) is 14.9. The average molecular weight is 496 g/mol. The maximum Gasteiger partial charge on any atom is 0.261 e. The first-order valence-electron chi connectivity index (χ1n) is 10.9. The molecule has 1 aliphatic rings. The number of carbonyl (C=O) groups excluding carboxylic acids is 1. The highest BCUT2D eigenvalue weighted by Crippen LogP contribution is 2.30. The number of aromatic nitrogens is 1. The second-order valence-corrected chi connectivity index (χ2v) is 10.3. The van der Waals surface area contributed by atoms with Gasteiger partial charge in [-0.05, 0) is 61.4 Å². The van der Waals surface area contributed by atoms with Gasteiger partial charge < -0.3 is 9.32 Å². The van der Waals surface area contributed by atoms with Gasteiger partial charge in [0.25, 0.3) is 15.9 Å². The number of halogens is 1. The summed E-state index contributed by atoms with van der Waals surface area (Å²) in [6.45, 7) is 1.08. The number of oxazole rings is 1. The number of rotatable bonds is 5. The molecule has 9 heteroatoms. The number of benzene rings is 3. The molecule has 1 aliphatic heterocycles. The number of sulfonamides is 1. The molecular weight excluding hydrogens is 474 g/mol. The van der Waals surface area contributed by atoms with Crippen molar-refractivity contribution < 1.29 is 17.6 Å². The highest BCUT2D eigenvalue weighted by molar-refractivity contribution is 7.92. The lowest BCUT2D eigenvalue weighted by Crippen LogP contribution is -2.38. The largest absolute Gasteiger partial charge is 0.440 e. The molecule has 1 amide bonds. The molecule has 1 saturated heterocycles. The van der Waals surface area contributed by atoms with E-state index in [1.165, 1.54) is 18.2 Å². The van der Waals surface area contributed by atoms with E-state index < -0.39 is 10.0 Å². The van der Waals surface area contributed by atoms with E-state index in [0.717, 1.165) is 23.9 Å². The Hall–Kier alpha value is -3.36. The molecule has 4 aromatic rings. The summed E-state index contributed by atoms with van der Waals surface area (Å²) in [4.78, 5) is 19.5. The van der Waals surface area contributed by atoms with E-state index in [9.17, 15) is 13.2 Å². The molecule has 1 N–H and O–H groups in total. The van der Waals surface area contributed by atoms with E-state index in [-0.39, 0.29) is 16.7 Å². The topological polar surface area (TPSA) is 92.5 Å². The van der Waals surface area contributed by atoms with Crippen LogP contribution < -0.4 is 4.72 Å². The molecule has 2 heterocycles. The molecule has 174 valence electrons. The Labute approximate surface area is 202 Å². The van der Waals surface area contributed by atoms with Crippen molar-refractivity contribution in [1.82, 2.24) is 9.88 Å². The van der Waals surface area contributed by atoms with Gasteiger partial charge in [0.05, 0.1) is 10.6 Å². The van der Waals surface area contributed by atoms with Crippen molar-refractivity contribution in [2.45, 2.75) is 23.7 Å². The van der Waals surface area contributed by atoms with E-state index in [4.69, 9.17) is 16.0 Å². The average Bonchev–Trinajstić information content (AvgIpc) is 3.28. The van der Waals surface area contributed by atoms with Crippen LogP contribution in [0.5, 0.6) is 0 Å². The Morgan fingerprint density at radius 3 is 2.53 bits per heavy atom. The van der Waals surface area contributed by atoms with Gasteiger partial charge >= 0.3 is 0 Å². The predicted octanol–water partition coefficient (Wildman–Crippen LogP) is 5.30. The zero-order chi connectivity index (χ0) is 23.7. The zero-order valence-corrected chi connectivity index (χ0v) is 19.7. The monoisotopic (exact) mass is 495 g/mol. The highest BCUT2D eigenvalue weighted by Gasteiger charge is 2.28. The smallest absolute Gasteiger partial charge is 0.261 e. The van der Waals surface area contributed by atoms with Crippen LogP contribution in [0.4, 0.5) is 5.69 Å². The molecule has 0 saturated carbocycles. The number of anilines is 1. The van der Waals surface area contributed by atoms with Gasteiger partial charge in [-0.15, -0.1) is 0 Å². The summed E-state index contributed by atoms with van der Waals surface area (Å²) in [6.07, 6.45) is 1.46. The number of nitrogens with one attached hydrogen (secondary N) is 1. The third kappa shape index (κ3) is 4.64. The number of amides is 1. The van der Waals surface area contributed by atoms with Crippen LogP contribution in [0.15, 0.2) is 82.1 Å². The van der Waals surface area contributed by atoms with E-state index in [2.05, 4.69) is 9.71 Å². The van der Waals surface area contributed by atoms with Crippen LogP contribution in [0.3, 0.4) is 0 Å². The number of hydrogen-bond donors (Lipinski definition) is 1. The minimum Gasteiger partial charge on any atom is -0.440 e. The molecule has 7 nitrogen and oxygen atoms in total. The Balaban J connectivity index is 1.27. The number of likely N-dealkylation sites (tertiary alicyclic amines) is 1. The first-order valence-corrected chi connectivity index (χ1v) is 12.8. The van der Waals surface area contributed by atoms with Crippen LogP contribution in [0.2, 0.25) is 5.02 Å². The fraction of sp³-hybridized carbons (Fsp3) is 0.200. The number of hydrogen-bond acceptors (Lipinski definition) is 5. The molecule has 3 aromatic carbocycles. The van der Waals surface area contributed by atoms with E-state index in [0.29, 0.717) is 35.3 Å².